The minimum atomic E-state index is -0.251. The van der Waals surface area contributed by atoms with E-state index in [9.17, 15) is 9.59 Å². The quantitative estimate of drug-likeness (QED) is 0.424. The van der Waals surface area contributed by atoms with Crippen molar-refractivity contribution in [3.8, 4) is 17.1 Å². The summed E-state index contributed by atoms with van der Waals surface area (Å²) in [5.41, 5.74) is 0.753. The number of hydrazone groups is 1. The first-order valence-corrected chi connectivity index (χ1v) is 10.5. The Morgan fingerprint density at radius 1 is 1.10 bits per heavy atom. The second-order valence-corrected chi connectivity index (χ2v) is 8.87. The molecular weight excluding hydrogens is 404 g/mol. The molecule has 0 spiro atoms. The van der Waals surface area contributed by atoms with Crippen molar-refractivity contribution in [2.24, 2.45) is 40.6 Å². The largest absolute Gasteiger partial charge is 0.496 e. The Balaban J connectivity index is 1.25. The number of halogens is 1. The molecule has 1 aliphatic heterocycles. The van der Waals surface area contributed by atoms with Gasteiger partial charge in [0.2, 0.25) is 0 Å². The highest BCUT2D eigenvalue weighted by atomic mass is 35.5. The predicted octanol–water partition coefficient (Wildman–Crippen LogP) is 4.00. The number of nitrogens with zero attached hydrogens (tertiary/aromatic N) is 2. The Morgan fingerprint density at radius 3 is 2.47 bits per heavy atom. The van der Waals surface area contributed by atoms with Crippen LogP contribution in [-0.2, 0) is 9.59 Å². The molecule has 7 rings (SSSR count). The van der Waals surface area contributed by atoms with E-state index in [4.69, 9.17) is 20.8 Å². The maximum Gasteiger partial charge on any atom is 0.254 e. The van der Waals surface area contributed by atoms with Gasteiger partial charge in [0.05, 0.1) is 30.7 Å². The summed E-state index contributed by atoms with van der Waals surface area (Å²) in [4.78, 5) is 25.9. The van der Waals surface area contributed by atoms with Crippen molar-refractivity contribution in [3.05, 3.63) is 53.3 Å². The van der Waals surface area contributed by atoms with Crippen molar-refractivity contribution in [2.45, 2.75) is 6.42 Å². The number of carbonyl (C=O) groups excluding carboxylic acids is 2. The summed E-state index contributed by atoms with van der Waals surface area (Å²) in [6.07, 6.45) is 6.87. The zero-order valence-corrected chi connectivity index (χ0v) is 17.0. The molecule has 0 radical (unpaired) electrons. The maximum atomic E-state index is 13.0. The van der Waals surface area contributed by atoms with Gasteiger partial charge in [-0.3, -0.25) is 9.59 Å². The third-order valence-electron chi connectivity index (χ3n) is 7.00. The third-order valence-corrected chi connectivity index (χ3v) is 7.23. The average molecular weight is 423 g/mol. The van der Waals surface area contributed by atoms with Gasteiger partial charge in [0.25, 0.3) is 11.8 Å². The molecule has 6 nitrogen and oxygen atoms in total. The van der Waals surface area contributed by atoms with Gasteiger partial charge in [-0.15, -0.1) is 0 Å². The number of rotatable bonds is 4. The van der Waals surface area contributed by atoms with E-state index >= 15 is 0 Å². The molecule has 7 heteroatoms. The zero-order valence-electron chi connectivity index (χ0n) is 16.2. The van der Waals surface area contributed by atoms with Crippen LogP contribution in [0.2, 0.25) is 5.02 Å². The lowest BCUT2D eigenvalue weighted by atomic mass is 9.63. The molecule has 0 N–H and O–H groups in total. The fourth-order valence-corrected chi connectivity index (χ4v) is 5.77. The van der Waals surface area contributed by atoms with E-state index in [2.05, 4.69) is 17.3 Å². The molecule has 1 aromatic heterocycles. The number of allylic oxidation sites excluding steroid dienone is 2. The number of furan rings is 1. The van der Waals surface area contributed by atoms with E-state index in [1.807, 2.05) is 6.07 Å². The summed E-state index contributed by atoms with van der Waals surface area (Å²) in [7, 11) is 1.57. The normalized spacial score (nSPS) is 33.3. The lowest BCUT2D eigenvalue weighted by molar-refractivity contribution is -0.140. The first-order chi connectivity index (χ1) is 14.6. The predicted molar refractivity (Wildman–Crippen MR) is 110 cm³/mol. The first kappa shape index (κ1) is 18.0. The molecule has 30 heavy (non-hydrogen) atoms. The van der Waals surface area contributed by atoms with Crippen molar-refractivity contribution in [1.82, 2.24) is 5.01 Å². The van der Waals surface area contributed by atoms with E-state index in [0.29, 0.717) is 34.1 Å². The van der Waals surface area contributed by atoms with E-state index in [0.717, 1.165) is 17.0 Å². The molecular formula is C23H19ClN2O4. The van der Waals surface area contributed by atoms with Gasteiger partial charge < -0.3 is 9.15 Å². The first-order valence-electron chi connectivity index (χ1n) is 10.1. The topological polar surface area (TPSA) is 72.1 Å². The van der Waals surface area contributed by atoms with Crippen LogP contribution in [0.1, 0.15) is 12.2 Å². The van der Waals surface area contributed by atoms with Gasteiger partial charge >= 0.3 is 0 Å². The monoisotopic (exact) mass is 422 g/mol. The Bertz CT molecular complexity index is 1100. The van der Waals surface area contributed by atoms with Gasteiger partial charge in [0, 0.05) is 5.02 Å². The number of ether oxygens (including phenoxy) is 1. The fraction of sp³-hybridized carbons (Fsp3) is 0.348. The molecule has 4 aliphatic carbocycles. The summed E-state index contributed by atoms with van der Waals surface area (Å²) in [6, 6.07) is 8.81. The number of carbonyl (C=O) groups is 2. The van der Waals surface area contributed by atoms with Crippen molar-refractivity contribution in [1.29, 1.82) is 0 Å². The SMILES string of the molecule is COc1cc(Cl)ccc1-c1ccc(/C=N/N2C(=O)C3C4C=CC(C5CC45)C3C2=O)o1. The molecule has 2 bridgehead atoms. The number of imide groups is 1. The average Bonchev–Trinajstić information content (AvgIpc) is 3.39. The lowest BCUT2D eigenvalue weighted by Crippen LogP contribution is -2.40. The van der Waals surface area contributed by atoms with Crippen LogP contribution in [0.5, 0.6) is 5.75 Å². The summed E-state index contributed by atoms with van der Waals surface area (Å²) < 4.78 is 11.2. The number of benzene rings is 1. The second kappa shape index (κ2) is 6.32. The summed E-state index contributed by atoms with van der Waals surface area (Å²) in [5.74, 6) is 2.28. The molecule has 2 saturated carbocycles. The minimum absolute atomic E-state index is 0.183. The highest BCUT2D eigenvalue weighted by Gasteiger charge is 2.67. The van der Waals surface area contributed by atoms with E-state index < -0.39 is 0 Å². The van der Waals surface area contributed by atoms with Crippen LogP contribution in [0, 0.1) is 35.5 Å². The molecule has 2 amide bonds. The second-order valence-electron chi connectivity index (χ2n) is 8.43. The van der Waals surface area contributed by atoms with E-state index in [-0.39, 0.29) is 35.5 Å². The fourth-order valence-electron chi connectivity index (χ4n) is 5.61. The minimum Gasteiger partial charge on any atom is -0.496 e. The van der Waals surface area contributed by atoms with Gasteiger partial charge in [0.15, 0.2) is 0 Å². The van der Waals surface area contributed by atoms with Gasteiger partial charge in [-0.2, -0.15) is 10.1 Å². The summed E-state index contributed by atoms with van der Waals surface area (Å²) in [6.45, 7) is 0. The van der Waals surface area contributed by atoms with Crippen molar-refractivity contribution >= 4 is 29.6 Å². The van der Waals surface area contributed by atoms with Crippen molar-refractivity contribution in [2.75, 3.05) is 7.11 Å². The van der Waals surface area contributed by atoms with Crippen LogP contribution in [0.15, 0.2) is 52.0 Å². The molecule has 1 saturated heterocycles. The number of amides is 2. The number of hydrogen-bond donors (Lipinski definition) is 0. The standard InChI is InChI=1S/C23H19ClN2O4/c1-29-19-8-11(24)2-4-15(19)18-7-3-12(30-18)10-25-26-22(27)20-13-5-6-14(17-9-16(13)17)21(20)23(26)28/h2-8,10,13-14,16-17,20-21H,9H2,1H3/b25-10+. The molecule has 6 unspecified atom stereocenters. The van der Waals surface area contributed by atoms with Gasteiger partial charge in [-0.25, -0.2) is 0 Å². The van der Waals surface area contributed by atoms with Gasteiger partial charge in [0.1, 0.15) is 17.3 Å². The number of hydrogen-bond acceptors (Lipinski definition) is 5. The zero-order chi connectivity index (χ0) is 20.6. The summed E-state index contributed by atoms with van der Waals surface area (Å²) in [5, 5.41) is 5.84. The highest BCUT2D eigenvalue weighted by molar-refractivity contribution is 6.30. The maximum absolute atomic E-state index is 13.0. The van der Waals surface area contributed by atoms with Crippen LogP contribution in [0.4, 0.5) is 0 Å². The van der Waals surface area contributed by atoms with E-state index in [1.54, 1.807) is 31.4 Å². The molecule has 1 aromatic carbocycles. The highest BCUT2D eigenvalue weighted by Crippen LogP contribution is 2.65. The van der Waals surface area contributed by atoms with Crippen molar-refractivity contribution in [3.63, 3.8) is 0 Å². The van der Waals surface area contributed by atoms with Crippen LogP contribution >= 0.6 is 11.6 Å². The smallest absolute Gasteiger partial charge is 0.254 e. The molecule has 2 aromatic rings. The van der Waals surface area contributed by atoms with Crippen LogP contribution in [-0.4, -0.2) is 30.1 Å². The molecule has 2 heterocycles. The Hall–Kier alpha value is -2.86. The van der Waals surface area contributed by atoms with Crippen molar-refractivity contribution < 1.29 is 18.7 Å². The van der Waals surface area contributed by atoms with Gasteiger partial charge in [-0.05, 0) is 60.4 Å². The van der Waals surface area contributed by atoms with Gasteiger partial charge in [-0.1, -0.05) is 23.8 Å². The third kappa shape index (κ3) is 2.46. The van der Waals surface area contributed by atoms with Crippen LogP contribution in [0.3, 0.4) is 0 Å². The molecule has 3 fully saturated rings. The van der Waals surface area contributed by atoms with Crippen LogP contribution in [0.25, 0.3) is 11.3 Å². The van der Waals surface area contributed by atoms with E-state index in [1.165, 1.54) is 6.21 Å². The van der Waals surface area contributed by atoms with Crippen LogP contribution < -0.4 is 4.74 Å². The summed E-state index contributed by atoms with van der Waals surface area (Å²) >= 11 is 6.02. The molecule has 152 valence electrons. The lowest BCUT2D eigenvalue weighted by Gasteiger charge is -2.37. The number of methoxy groups -OCH3 is 1. The molecule has 6 atom stereocenters. The Labute approximate surface area is 178 Å². The Morgan fingerprint density at radius 2 is 1.80 bits per heavy atom. The Kier molecular flexibility index (Phi) is 3.78. The molecule has 5 aliphatic rings.